The van der Waals surface area contributed by atoms with Gasteiger partial charge in [-0.15, -0.1) is 0 Å². The number of amides is 1. The lowest BCUT2D eigenvalue weighted by Crippen LogP contribution is -2.33. The van der Waals surface area contributed by atoms with E-state index in [1.165, 1.54) is 0 Å². The number of hydrogen-bond acceptors (Lipinski definition) is 4. The number of hydrogen-bond donors (Lipinski definition) is 2. The Bertz CT molecular complexity index is 1580. The van der Waals surface area contributed by atoms with E-state index in [9.17, 15) is 4.79 Å². The largest absolute Gasteiger partial charge is 0.352 e. The number of rotatable bonds is 7. The van der Waals surface area contributed by atoms with Crippen LogP contribution in [0.4, 0.5) is 5.69 Å². The molecule has 4 heterocycles. The first kappa shape index (κ1) is 23.8. The van der Waals surface area contributed by atoms with Gasteiger partial charge in [0.1, 0.15) is 5.82 Å². The number of nitrogens with zero attached hydrogens (tertiary/aromatic N) is 4. The van der Waals surface area contributed by atoms with Crippen LogP contribution >= 0.6 is 12.2 Å². The number of carbonyl (C=O) groups is 1. The molecule has 1 fully saturated rings. The zero-order valence-electron chi connectivity index (χ0n) is 20.6. The van der Waals surface area contributed by atoms with Crippen molar-refractivity contribution >= 4 is 39.7 Å². The quantitative estimate of drug-likeness (QED) is 0.280. The number of anilines is 1. The van der Waals surface area contributed by atoms with Crippen LogP contribution in [0.15, 0.2) is 110 Å². The van der Waals surface area contributed by atoms with Crippen molar-refractivity contribution < 1.29 is 4.79 Å². The first-order chi connectivity index (χ1) is 18.7. The summed E-state index contributed by atoms with van der Waals surface area (Å²) in [5.74, 6) is 0.753. The third-order valence-electron chi connectivity index (χ3n) is 6.82. The Morgan fingerprint density at radius 2 is 1.68 bits per heavy atom. The summed E-state index contributed by atoms with van der Waals surface area (Å²) in [6, 6.07) is 29.4. The molecule has 1 aliphatic heterocycles. The molecule has 2 aromatic carbocycles. The topological polar surface area (TPSA) is 75.1 Å². The summed E-state index contributed by atoms with van der Waals surface area (Å²) in [7, 11) is 0. The smallest absolute Gasteiger partial charge is 0.226 e. The molecule has 0 unspecified atom stereocenters. The SMILES string of the molecule is O=C(CCN1C(=S)N[C@H](c2ccccn2)[C@H]1c1cccn1-c1ccccn1)Nc1cccc2ccccc12. The molecule has 0 bridgehead atoms. The minimum absolute atomic E-state index is 0.0655. The van der Waals surface area contributed by atoms with Gasteiger partial charge in [-0.25, -0.2) is 4.98 Å². The molecule has 7 nitrogen and oxygen atoms in total. The van der Waals surface area contributed by atoms with Crippen LogP contribution < -0.4 is 10.6 Å². The van der Waals surface area contributed by atoms with E-state index in [2.05, 4.69) is 36.1 Å². The minimum Gasteiger partial charge on any atom is -0.352 e. The van der Waals surface area contributed by atoms with Crippen LogP contribution in [-0.4, -0.2) is 37.0 Å². The molecule has 0 radical (unpaired) electrons. The van der Waals surface area contributed by atoms with E-state index in [0.29, 0.717) is 11.7 Å². The Morgan fingerprint density at radius 3 is 2.50 bits per heavy atom. The summed E-state index contributed by atoms with van der Waals surface area (Å²) >= 11 is 5.80. The fraction of sp³-hybridized carbons (Fsp3) is 0.133. The molecular weight excluding hydrogens is 492 g/mol. The fourth-order valence-corrected chi connectivity index (χ4v) is 5.41. The molecule has 1 aliphatic rings. The predicted octanol–water partition coefficient (Wildman–Crippen LogP) is 5.42. The monoisotopic (exact) mass is 518 g/mol. The van der Waals surface area contributed by atoms with Crippen molar-refractivity contribution in [3.05, 3.63) is 121 Å². The Kier molecular flexibility index (Phi) is 6.54. The lowest BCUT2D eigenvalue weighted by atomic mass is 10.0. The molecule has 38 heavy (non-hydrogen) atoms. The number of fused-ring (bicyclic) bond motifs is 1. The first-order valence-electron chi connectivity index (χ1n) is 12.5. The molecule has 8 heteroatoms. The van der Waals surface area contributed by atoms with E-state index in [-0.39, 0.29) is 24.4 Å². The number of carbonyl (C=O) groups excluding carboxylic acids is 1. The van der Waals surface area contributed by atoms with Crippen molar-refractivity contribution in [1.82, 2.24) is 24.8 Å². The van der Waals surface area contributed by atoms with Gasteiger partial charge < -0.3 is 20.1 Å². The van der Waals surface area contributed by atoms with Gasteiger partial charge >= 0.3 is 0 Å². The second-order valence-corrected chi connectivity index (χ2v) is 9.52. The average Bonchev–Trinajstić information content (AvgIpc) is 3.57. The number of aromatic nitrogens is 3. The van der Waals surface area contributed by atoms with Crippen LogP contribution in [0.25, 0.3) is 16.6 Å². The Balaban J connectivity index is 1.28. The van der Waals surface area contributed by atoms with Gasteiger partial charge in [-0.3, -0.25) is 9.78 Å². The number of benzene rings is 2. The lowest BCUT2D eigenvalue weighted by Gasteiger charge is -2.28. The minimum atomic E-state index is -0.181. The summed E-state index contributed by atoms with van der Waals surface area (Å²) in [4.78, 5) is 24.4. The van der Waals surface area contributed by atoms with Gasteiger partial charge in [0.15, 0.2) is 5.11 Å². The third-order valence-corrected chi connectivity index (χ3v) is 7.17. The average molecular weight is 519 g/mol. The Labute approximate surface area is 226 Å². The number of pyridine rings is 2. The van der Waals surface area contributed by atoms with E-state index in [0.717, 1.165) is 33.7 Å². The molecular formula is C30H26N6OS. The molecule has 5 aromatic rings. The zero-order chi connectivity index (χ0) is 25.9. The summed E-state index contributed by atoms with van der Waals surface area (Å²) in [6.07, 6.45) is 5.85. The Hall–Kier alpha value is -4.56. The van der Waals surface area contributed by atoms with Crippen molar-refractivity contribution in [3.8, 4) is 5.82 Å². The van der Waals surface area contributed by atoms with Gasteiger partial charge in [0, 0.05) is 48.3 Å². The maximum absolute atomic E-state index is 13.1. The van der Waals surface area contributed by atoms with Crippen molar-refractivity contribution in [2.75, 3.05) is 11.9 Å². The highest BCUT2D eigenvalue weighted by Crippen LogP contribution is 2.39. The van der Waals surface area contributed by atoms with Crippen LogP contribution in [-0.2, 0) is 4.79 Å². The van der Waals surface area contributed by atoms with E-state index in [4.69, 9.17) is 12.2 Å². The van der Waals surface area contributed by atoms with Gasteiger partial charge in [0.2, 0.25) is 5.91 Å². The van der Waals surface area contributed by atoms with Crippen molar-refractivity contribution in [1.29, 1.82) is 0 Å². The maximum atomic E-state index is 13.1. The highest BCUT2D eigenvalue weighted by Gasteiger charge is 2.41. The summed E-state index contributed by atoms with van der Waals surface area (Å²) < 4.78 is 2.07. The Morgan fingerprint density at radius 1 is 0.895 bits per heavy atom. The van der Waals surface area contributed by atoms with Gasteiger partial charge in [0.05, 0.1) is 17.8 Å². The predicted molar refractivity (Wildman–Crippen MR) is 153 cm³/mol. The zero-order valence-corrected chi connectivity index (χ0v) is 21.4. The molecule has 2 atom stereocenters. The molecule has 0 aliphatic carbocycles. The van der Waals surface area contributed by atoms with Crippen LogP contribution in [0.2, 0.25) is 0 Å². The summed E-state index contributed by atoms with van der Waals surface area (Å²) in [5, 5.41) is 9.26. The summed E-state index contributed by atoms with van der Waals surface area (Å²) in [6.45, 7) is 0.448. The van der Waals surface area contributed by atoms with E-state index >= 15 is 0 Å². The molecule has 1 saturated heterocycles. The summed E-state index contributed by atoms with van der Waals surface area (Å²) in [5.41, 5.74) is 2.71. The fourth-order valence-electron chi connectivity index (χ4n) is 5.08. The lowest BCUT2D eigenvalue weighted by molar-refractivity contribution is -0.116. The number of thiocarbonyl (C=S) groups is 1. The van der Waals surface area contributed by atoms with Gasteiger partial charge in [0.25, 0.3) is 0 Å². The van der Waals surface area contributed by atoms with Crippen molar-refractivity contribution in [2.45, 2.75) is 18.5 Å². The highest BCUT2D eigenvalue weighted by molar-refractivity contribution is 7.80. The molecule has 188 valence electrons. The normalized spacial score (nSPS) is 16.9. The molecule has 0 saturated carbocycles. The van der Waals surface area contributed by atoms with Gasteiger partial charge in [-0.2, -0.15) is 0 Å². The number of nitrogens with one attached hydrogen (secondary N) is 2. The molecule has 0 spiro atoms. The van der Waals surface area contributed by atoms with Crippen LogP contribution in [0.5, 0.6) is 0 Å². The standard InChI is InChI=1S/C30H26N6OS/c37-27(33-23-13-7-10-21-9-1-2-11-22(21)23)16-20-36-29(28(34-30(36)38)24-12-3-5-17-31-24)25-14-8-19-35(25)26-15-4-6-18-32-26/h1-15,17-19,28-29H,16,20H2,(H,33,37)(H,34,38)/t28-,29-/m1/s1. The van der Waals surface area contributed by atoms with Crippen LogP contribution in [0.3, 0.4) is 0 Å². The molecule has 1 amide bonds. The van der Waals surface area contributed by atoms with E-state index < -0.39 is 0 Å². The molecule has 6 rings (SSSR count). The molecule has 2 N–H and O–H groups in total. The van der Waals surface area contributed by atoms with Crippen molar-refractivity contribution in [2.24, 2.45) is 0 Å². The van der Waals surface area contributed by atoms with E-state index in [1.54, 1.807) is 12.4 Å². The van der Waals surface area contributed by atoms with Crippen LogP contribution in [0.1, 0.15) is 29.9 Å². The van der Waals surface area contributed by atoms with Crippen LogP contribution in [0, 0.1) is 0 Å². The third kappa shape index (κ3) is 4.62. The van der Waals surface area contributed by atoms with Gasteiger partial charge in [-0.1, -0.05) is 48.5 Å². The van der Waals surface area contributed by atoms with Crippen molar-refractivity contribution in [3.63, 3.8) is 0 Å². The second-order valence-electron chi connectivity index (χ2n) is 9.14. The molecule has 3 aromatic heterocycles. The highest BCUT2D eigenvalue weighted by atomic mass is 32.1. The second kappa shape index (κ2) is 10.4. The van der Waals surface area contributed by atoms with E-state index in [1.807, 2.05) is 91.1 Å². The first-order valence-corrected chi connectivity index (χ1v) is 12.9. The van der Waals surface area contributed by atoms with Gasteiger partial charge in [-0.05, 0) is 60.1 Å². The maximum Gasteiger partial charge on any atom is 0.226 e.